The second-order valence-electron chi connectivity index (χ2n) is 4.92. The molecule has 3 heteroatoms. The van der Waals surface area contributed by atoms with Crippen LogP contribution in [0.1, 0.15) is 32.8 Å². The van der Waals surface area contributed by atoms with Crippen molar-refractivity contribution in [2.24, 2.45) is 0 Å². The van der Waals surface area contributed by atoms with Gasteiger partial charge >= 0.3 is 0 Å². The van der Waals surface area contributed by atoms with Crippen LogP contribution in [0.3, 0.4) is 0 Å². The Morgan fingerprint density at radius 3 is 2.47 bits per heavy atom. The molecule has 1 rings (SSSR count). The lowest BCUT2D eigenvalue weighted by atomic mass is 9.99. The van der Waals surface area contributed by atoms with Crippen molar-refractivity contribution in [2.45, 2.75) is 39.2 Å². The fourth-order valence-electron chi connectivity index (χ4n) is 1.52. The zero-order valence-electron chi connectivity index (χ0n) is 11.0. The molecule has 0 aliphatic heterocycles. The number of para-hydroxylation sites is 1. The quantitative estimate of drug-likeness (QED) is 0.871. The first-order valence-corrected chi connectivity index (χ1v) is 5.92. The van der Waals surface area contributed by atoms with E-state index in [0.29, 0.717) is 5.56 Å². The fourth-order valence-corrected chi connectivity index (χ4v) is 1.52. The van der Waals surface area contributed by atoms with Gasteiger partial charge < -0.3 is 10.0 Å². The second kappa shape index (κ2) is 5.21. The molecule has 17 heavy (non-hydrogen) atoms. The maximum atomic E-state index is 12.1. The first kappa shape index (κ1) is 13.6. The van der Waals surface area contributed by atoms with E-state index in [4.69, 9.17) is 0 Å². The molecular weight excluding hydrogens is 214 g/mol. The topological polar surface area (TPSA) is 40.5 Å². The van der Waals surface area contributed by atoms with Crippen molar-refractivity contribution < 1.29 is 9.90 Å². The third kappa shape index (κ3) is 3.22. The van der Waals surface area contributed by atoms with Gasteiger partial charge in [0, 0.05) is 18.2 Å². The van der Waals surface area contributed by atoms with Crippen molar-refractivity contribution in [3.8, 4) is 5.75 Å². The van der Waals surface area contributed by atoms with Gasteiger partial charge in [0.2, 0.25) is 5.91 Å². The summed E-state index contributed by atoms with van der Waals surface area (Å²) in [5.74, 6) is 0.210. The largest absolute Gasteiger partial charge is 0.508 e. The number of benzene rings is 1. The standard InChI is InChI=1S/C14H21NO2/c1-5-14(2,3)15(4)13(17)10-11-8-6-7-9-12(11)16/h6-9,16H,5,10H2,1-4H3. The monoisotopic (exact) mass is 235 g/mol. The molecule has 0 atom stereocenters. The van der Waals surface area contributed by atoms with Gasteiger partial charge in [0.25, 0.3) is 0 Å². The Bertz CT molecular complexity index is 399. The minimum absolute atomic E-state index is 0.0263. The Morgan fingerprint density at radius 2 is 1.94 bits per heavy atom. The molecule has 0 radical (unpaired) electrons. The van der Waals surface area contributed by atoms with Crippen LogP contribution in [0.4, 0.5) is 0 Å². The van der Waals surface area contributed by atoms with Crippen molar-refractivity contribution in [2.75, 3.05) is 7.05 Å². The molecule has 0 aliphatic carbocycles. The van der Waals surface area contributed by atoms with E-state index in [-0.39, 0.29) is 23.6 Å². The number of amides is 1. The van der Waals surface area contributed by atoms with Crippen LogP contribution in [-0.4, -0.2) is 28.5 Å². The van der Waals surface area contributed by atoms with Gasteiger partial charge in [-0.15, -0.1) is 0 Å². The summed E-state index contributed by atoms with van der Waals surface area (Å²) in [6, 6.07) is 6.96. The van der Waals surface area contributed by atoms with Gasteiger partial charge in [-0.2, -0.15) is 0 Å². The van der Waals surface area contributed by atoms with Gasteiger partial charge in [-0.05, 0) is 26.3 Å². The smallest absolute Gasteiger partial charge is 0.227 e. The summed E-state index contributed by atoms with van der Waals surface area (Å²) in [4.78, 5) is 13.8. The van der Waals surface area contributed by atoms with E-state index < -0.39 is 0 Å². The van der Waals surface area contributed by atoms with Gasteiger partial charge in [-0.1, -0.05) is 25.1 Å². The van der Waals surface area contributed by atoms with Gasteiger partial charge in [-0.25, -0.2) is 0 Å². The molecule has 1 aromatic carbocycles. The normalized spacial score (nSPS) is 11.3. The van der Waals surface area contributed by atoms with E-state index in [0.717, 1.165) is 6.42 Å². The van der Waals surface area contributed by atoms with Crippen molar-refractivity contribution in [1.82, 2.24) is 4.90 Å². The summed E-state index contributed by atoms with van der Waals surface area (Å²) in [5, 5.41) is 9.63. The molecule has 0 heterocycles. The number of phenolic OH excluding ortho intramolecular Hbond substituents is 1. The predicted octanol–water partition coefficient (Wildman–Crippen LogP) is 2.58. The molecule has 1 amide bonds. The zero-order chi connectivity index (χ0) is 13.1. The first-order chi connectivity index (χ1) is 7.88. The zero-order valence-corrected chi connectivity index (χ0v) is 11.0. The summed E-state index contributed by atoms with van der Waals surface area (Å²) in [6.07, 6.45) is 1.14. The number of phenols is 1. The summed E-state index contributed by atoms with van der Waals surface area (Å²) < 4.78 is 0. The van der Waals surface area contributed by atoms with E-state index >= 15 is 0 Å². The molecule has 0 saturated carbocycles. The van der Waals surface area contributed by atoms with Crippen LogP contribution in [0.5, 0.6) is 5.75 Å². The lowest BCUT2D eigenvalue weighted by molar-refractivity contribution is -0.134. The molecular formula is C14H21NO2. The number of rotatable bonds is 4. The Hall–Kier alpha value is -1.51. The number of carbonyl (C=O) groups excluding carboxylic acids is 1. The highest BCUT2D eigenvalue weighted by atomic mass is 16.3. The van der Waals surface area contributed by atoms with Gasteiger partial charge in [0.05, 0.1) is 6.42 Å². The van der Waals surface area contributed by atoms with E-state index in [1.54, 1.807) is 23.1 Å². The predicted molar refractivity (Wildman–Crippen MR) is 69.0 cm³/mol. The fraction of sp³-hybridized carbons (Fsp3) is 0.500. The van der Waals surface area contributed by atoms with Gasteiger partial charge in [-0.3, -0.25) is 4.79 Å². The Labute approximate surface area is 103 Å². The minimum atomic E-state index is -0.151. The average molecular weight is 235 g/mol. The Kier molecular flexibility index (Phi) is 4.16. The van der Waals surface area contributed by atoms with Crippen LogP contribution in [0, 0.1) is 0 Å². The van der Waals surface area contributed by atoms with Crippen molar-refractivity contribution in [3.05, 3.63) is 29.8 Å². The highest BCUT2D eigenvalue weighted by Gasteiger charge is 2.25. The number of hydrogen-bond acceptors (Lipinski definition) is 2. The molecule has 0 spiro atoms. The van der Waals surface area contributed by atoms with Crippen molar-refractivity contribution in [3.63, 3.8) is 0 Å². The number of carbonyl (C=O) groups is 1. The number of likely N-dealkylation sites (N-methyl/N-ethyl adjacent to an activating group) is 1. The third-order valence-corrected chi connectivity index (χ3v) is 3.48. The first-order valence-electron chi connectivity index (χ1n) is 5.92. The summed E-state index contributed by atoms with van der Waals surface area (Å²) >= 11 is 0. The van der Waals surface area contributed by atoms with Crippen LogP contribution < -0.4 is 0 Å². The summed E-state index contributed by atoms with van der Waals surface area (Å²) in [7, 11) is 1.81. The highest BCUT2D eigenvalue weighted by Crippen LogP contribution is 2.21. The van der Waals surface area contributed by atoms with Crippen LogP contribution in [-0.2, 0) is 11.2 Å². The molecule has 3 nitrogen and oxygen atoms in total. The lowest BCUT2D eigenvalue weighted by Crippen LogP contribution is -2.45. The van der Waals surface area contributed by atoms with E-state index in [2.05, 4.69) is 6.92 Å². The van der Waals surface area contributed by atoms with Crippen LogP contribution in [0.2, 0.25) is 0 Å². The highest BCUT2D eigenvalue weighted by molar-refractivity contribution is 5.79. The third-order valence-electron chi connectivity index (χ3n) is 3.48. The van der Waals surface area contributed by atoms with E-state index in [1.165, 1.54) is 0 Å². The summed E-state index contributed by atoms with van der Waals surface area (Å²) in [6.45, 7) is 6.13. The lowest BCUT2D eigenvalue weighted by Gasteiger charge is -2.35. The van der Waals surface area contributed by atoms with E-state index in [9.17, 15) is 9.90 Å². The van der Waals surface area contributed by atoms with Crippen LogP contribution in [0.15, 0.2) is 24.3 Å². The van der Waals surface area contributed by atoms with Crippen molar-refractivity contribution >= 4 is 5.91 Å². The second-order valence-corrected chi connectivity index (χ2v) is 4.92. The molecule has 0 saturated heterocycles. The molecule has 1 aromatic rings. The van der Waals surface area contributed by atoms with Crippen LogP contribution in [0.25, 0.3) is 0 Å². The van der Waals surface area contributed by atoms with Crippen LogP contribution >= 0.6 is 0 Å². The maximum absolute atomic E-state index is 12.1. The molecule has 94 valence electrons. The Morgan fingerprint density at radius 1 is 1.35 bits per heavy atom. The maximum Gasteiger partial charge on any atom is 0.227 e. The van der Waals surface area contributed by atoms with Crippen molar-refractivity contribution in [1.29, 1.82) is 0 Å². The molecule has 1 N–H and O–H groups in total. The molecule has 0 bridgehead atoms. The number of hydrogen-bond donors (Lipinski definition) is 1. The SMILES string of the molecule is CCC(C)(C)N(C)C(=O)Cc1ccccc1O. The molecule has 0 aliphatic rings. The number of nitrogens with zero attached hydrogens (tertiary/aromatic N) is 1. The Balaban J connectivity index is 2.77. The molecule has 0 unspecified atom stereocenters. The molecule has 0 fully saturated rings. The molecule has 0 aromatic heterocycles. The average Bonchev–Trinajstić information content (AvgIpc) is 2.31. The van der Waals surface area contributed by atoms with E-state index in [1.807, 2.05) is 27.0 Å². The minimum Gasteiger partial charge on any atom is -0.508 e. The number of aromatic hydroxyl groups is 1. The van der Waals surface area contributed by atoms with Gasteiger partial charge in [0.15, 0.2) is 0 Å². The summed E-state index contributed by atoms with van der Waals surface area (Å²) in [5.41, 5.74) is 0.526. The van der Waals surface area contributed by atoms with Gasteiger partial charge in [0.1, 0.15) is 5.75 Å².